The molecule has 0 aliphatic heterocycles. The van der Waals surface area contributed by atoms with E-state index in [1.807, 2.05) is 7.05 Å². The van der Waals surface area contributed by atoms with Crippen LogP contribution in [0.4, 0.5) is 11.6 Å². The summed E-state index contributed by atoms with van der Waals surface area (Å²) < 4.78 is 0. The number of nitrogens with zero attached hydrogens (tertiary/aromatic N) is 2. The van der Waals surface area contributed by atoms with Gasteiger partial charge >= 0.3 is 0 Å². The van der Waals surface area contributed by atoms with E-state index in [0.29, 0.717) is 5.41 Å². The predicted molar refractivity (Wildman–Crippen MR) is 80.6 cm³/mol. The van der Waals surface area contributed by atoms with Crippen molar-refractivity contribution in [2.24, 2.45) is 5.41 Å². The molecule has 0 saturated heterocycles. The topological polar surface area (TPSA) is 49.8 Å². The van der Waals surface area contributed by atoms with Gasteiger partial charge in [0.1, 0.15) is 18.0 Å². The van der Waals surface area contributed by atoms with Crippen molar-refractivity contribution in [1.29, 1.82) is 0 Å². The van der Waals surface area contributed by atoms with E-state index in [0.717, 1.165) is 24.6 Å². The lowest BCUT2D eigenvalue weighted by Crippen LogP contribution is -2.26. The lowest BCUT2D eigenvalue weighted by atomic mass is 9.83. The van der Waals surface area contributed by atoms with E-state index in [4.69, 9.17) is 0 Å². The van der Waals surface area contributed by atoms with Crippen LogP contribution in [0, 0.1) is 5.41 Å². The van der Waals surface area contributed by atoms with Crippen molar-refractivity contribution < 1.29 is 0 Å². The van der Waals surface area contributed by atoms with E-state index < -0.39 is 0 Å². The summed E-state index contributed by atoms with van der Waals surface area (Å²) >= 11 is 0. The lowest BCUT2D eigenvalue weighted by Gasteiger charge is -2.28. The minimum atomic E-state index is 0.482. The molecule has 0 radical (unpaired) electrons. The van der Waals surface area contributed by atoms with Crippen LogP contribution >= 0.6 is 0 Å². The van der Waals surface area contributed by atoms with Crippen LogP contribution < -0.4 is 10.6 Å². The van der Waals surface area contributed by atoms with Crippen molar-refractivity contribution in [3.8, 4) is 0 Å². The predicted octanol–water partition coefficient (Wildman–Crippen LogP) is 3.46. The monoisotopic (exact) mass is 262 g/mol. The van der Waals surface area contributed by atoms with Gasteiger partial charge in [-0.2, -0.15) is 0 Å². The molecule has 2 N–H and O–H groups in total. The molecular weight excluding hydrogens is 236 g/mol. The number of aromatic nitrogens is 2. The second-order valence-corrected chi connectivity index (χ2v) is 5.57. The molecule has 1 aliphatic carbocycles. The molecule has 4 nitrogen and oxygen atoms in total. The Kier molecular flexibility index (Phi) is 4.61. The Morgan fingerprint density at radius 3 is 2.42 bits per heavy atom. The fraction of sp³-hybridized carbons (Fsp3) is 0.733. The highest BCUT2D eigenvalue weighted by molar-refractivity contribution is 5.57. The van der Waals surface area contributed by atoms with Gasteiger partial charge in [-0.3, -0.25) is 0 Å². The highest BCUT2D eigenvalue weighted by Crippen LogP contribution is 2.41. The molecule has 0 aromatic carbocycles. The number of anilines is 2. The molecule has 1 fully saturated rings. The third kappa shape index (κ3) is 2.99. The van der Waals surface area contributed by atoms with Crippen LogP contribution in [0.15, 0.2) is 6.33 Å². The van der Waals surface area contributed by atoms with Gasteiger partial charge in [-0.15, -0.1) is 0 Å². The van der Waals surface area contributed by atoms with Crippen LogP contribution in [0.25, 0.3) is 0 Å². The van der Waals surface area contributed by atoms with Crippen LogP contribution in [-0.4, -0.2) is 23.6 Å². The fourth-order valence-electron chi connectivity index (χ4n) is 3.17. The number of hydrogen-bond acceptors (Lipinski definition) is 4. The Bertz CT molecular complexity index is 411. The van der Waals surface area contributed by atoms with E-state index in [9.17, 15) is 0 Å². The summed E-state index contributed by atoms with van der Waals surface area (Å²) in [5.41, 5.74) is 1.67. The number of rotatable bonds is 6. The van der Waals surface area contributed by atoms with E-state index in [1.54, 1.807) is 6.33 Å². The Morgan fingerprint density at radius 1 is 1.16 bits per heavy atom. The van der Waals surface area contributed by atoms with E-state index >= 15 is 0 Å². The maximum absolute atomic E-state index is 4.42. The molecule has 0 unspecified atom stereocenters. The van der Waals surface area contributed by atoms with Crippen LogP contribution in [0.3, 0.4) is 0 Å². The Hall–Kier alpha value is -1.32. The van der Waals surface area contributed by atoms with Crippen LogP contribution in [0.2, 0.25) is 0 Å². The van der Waals surface area contributed by atoms with Gasteiger partial charge in [0.05, 0.1) is 0 Å². The molecule has 1 heterocycles. The summed E-state index contributed by atoms with van der Waals surface area (Å²) in [6.45, 7) is 5.50. The first kappa shape index (κ1) is 14.1. The minimum absolute atomic E-state index is 0.482. The Morgan fingerprint density at radius 2 is 1.84 bits per heavy atom. The first-order valence-electron chi connectivity index (χ1n) is 7.50. The van der Waals surface area contributed by atoms with E-state index in [-0.39, 0.29) is 0 Å². The average molecular weight is 262 g/mol. The van der Waals surface area contributed by atoms with Crippen LogP contribution in [-0.2, 0) is 6.42 Å². The maximum atomic E-state index is 4.42. The van der Waals surface area contributed by atoms with Gasteiger partial charge in [0.15, 0.2) is 0 Å². The van der Waals surface area contributed by atoms with Crippen LogP contribution in [0.5, 0.6) is 0 Å². The Balaban J connectivity index is 2.10. The Labute approximate surface area is 116 Å². The SMILES string of the molecule is CCc1c(NC)ncnc1NCC1(CC)CCCC1. The van der Waals surface area contributed by atoms with Crippen molar-refractivity contribution in [1.82, 2.24) is 9.97 Å². The first-order valence-corrected chi connectivity index (χ1v) is 7.50. The van der Waals surface area contributed by atoms with E-state index in [2.05, 4.69) is 34.4 Å². The van der Waals surface area contributed by atoms with Gasteiger partial charge in [0.2, 0.25) is 0 Å². The summed E-state index contributed by atoms with van der Waals surface area (Å²) in [5, 5.41) is 6.73. The van der Waals surface area contributed by atoms with Crippen LogP contribution in [0.1, 0.15) is 51.5 Å². The normalized spacial score (nSPS) is 17.4. The summed E-state index contributed by atoms with van der Waals surface area (Å²) in [6.07, 6.45) is 9.29. The molecule has 0 amide bonds. The third-order valence-corrected chi connectivity index (χ3v) is 4.58. The highest BCUT2D eigenvalue weighted by Gasteiger charge is 2.31. The van der Waals surface area contributed by atoms with Gasteiger partial charge in [-0.05, 0) is 31.1 Å². The van der Waals surface area contributed by atoms with Crippen molar-refractivity contribution >= 4 is 11.6 Å². The molecule has 106 valence electrons. The zero-order valence-corrected chi connectivity index (χ0v) is 12.4. The van der Waals surface area contributed by atoms with Crippen molar-refractivity contribution in [2.75, 3.05) is 24.2 Å². The summed E-state index contributed by atoms with van der Waals surface area (Å²) in [6, 6.07) is 0. The number of nitrogens with one attached hydrogen (secondary N) is 2. The molecule has 2 rings (SSSR count). The molecule has 1 saturated carbocycles. The molecule has 0 bridgehead atoms. The molecule has 1 aromatic heterocycles. The molecule has 1 aromatic rings. The molecule has 4 heteroatoms. The van der Waals surface area contributed by atoms with Gasteiger partial charge in [0.25, 0.3) is 0 Å². The van der Waals surface area contributed by atoms with Crippen molar-refractivity contribution in [3.05, 3.63) is 11.9 Å². The largest absolute Gasteiger partial charge is 0.373 e. The smallest absolute Gasteiger partial charge is 0.134 e. The fourth-order valence-corrected chi connectivity index (χ4v) is 3.17. The molecule has 0 spiro atoms. The standard InChI is InChI=1S/C15H26N4/c1-4-12-13(16-3)18-11-19-14(12)17-10-15(5-2)8-6-7-9-15/h11H,4-10H2,1-3H3,(H2,16,17,18,19). The lowest BCUT2D eigenvalue weighted by molar-refractivity contribution is 0.306. The average Bonchev–Trinajstić information content (AvgIpc) is 2.94. The molecule has 19 heavy (non-hydrogen) atoms. The number of hydrogen-bond donors (Lipinski definition) is 2. The summed E-state index contributed by atoms with van der Waals surface area (Å²) in [4.78, 5) is 8.71. The summed E-state index contributed by atoms with van der Waals surface area (Å²) in [7, 11) is 1.91. The molecular formula is C15H26N4. The second-order valence-electron chi connectivity index (χ2n) is 5.57. The van der Waals surface area contributed by atoms with Gasteiger partial charge in [-0.1, -0.05) is 26.7 Å². The minimum Gasteiger partial charge on any atom is -0.373 e. The zero-order chi connectivity index (χ0) is 13.7. The van der Waals surface area contributed by atoms with Crippen molar-refractivity contribution in [2.45, 2.75) is 52.4 Å². The van der Waals surface area contributed by atoms with Gasteiger partial charge < -0.3 is 10.6 Å². The second kappa shape index (κ2) is 6.22. The van der Waals surface area contributed by atoms with Gasteiger partial charge in [0, 0.05) is 19.2 Å². The third-order valence-electron chi connectivity index (χ3n) is 4.58. The summed E-state index contributed by atoms with van der Waals surface area (Å²) in [5.74, 6) is 1.94. The quantitative estimate of drug-likeness (QED) is 0.824. The highest BCUT2D eigenvalue weighted by atomic mass is 15.1. The zero-order valence-electron chi connectivity index (χ0n) is 12.4. The maximum Gasteiger partial charge on any atom is 0.134 e. The van der Waals surface area contributed by atoms with E-state index in [1.165, 1.54) is 37.7 Å². The first-order chi connectivity index (χ1) is 9.24. The van der Waals surface area contributed by atoms with Crippen molar-refractivity contribution in [3.63, 3.8) is 0 Å². The van der Waals surface area contributed by atoms with Gasteiger partial charge in [-0.25, -0.2) is 9.97 Å². The molecule has 0 atom stereocenters. The molecule has 1 aliphatic rings.